The van der Waals surface area contributed by atoms with E-state index in [2.05, 4.69) is 28.5 Å². The van der Waals surface area contributed by atoms with Crippen LogP contribution in [0, 0.1) is 0 Å². The number of H-pyrrole nitrogens is 1. The van der Waals surface area contributed by atoms with Crippen LogP contribution in [-0.4, -0.2) is 15.0 Å². The Kier molecular flexibility index (Phi) is 3.39. The lowest BCUT2D eigenvalue weighted by molar-refractivity contribution is 1.33. The number of hydrogen-bond acceptors (Lipinski definition) is 3. The fourth-order valence-electron chi connectivity index (χ4n) is 3.17. The maximum atomic E-state index is 4.88. The molecule has 0 aliphatic carbocycles. The Bertz CT molecular complexity index is 1190. The number of imidazole rings is 1. The molecule has 2 aromatic heterocycles. The molecule has 0 bridgehead atoms. The van der Waals surface area contributed by atoms with E-state index in [1.54, 1.807) is 0 Å². The predicted octanol–water partition coefficient (Wildman–Crippen LogP) is 5.52. The van der Waals surface area contributed by atoms with Gasteiger partial charge in [0.15, 0.2) is 5.82 Å². The van der Waals surface area contributed by atoms with E-state index < -0.39 is 0 Å². The molecule has 124 valence electrons. The van der Waals surface area contributed by atoms with Gasteiger partial charge in [-0.05, 0) is 18.2 Å². The second-order valence-corrected chi connectivity index (χ2v) is 6.14. The third-order valence-electron chi connectivity index (χ3n) is 4.42. The number of rotatable bonds is 3. The normalized spacial score (nSPS) is 11.1. The predicted molar refractivity (Wildman–Crippen MR) is 107 cm³/mol. The SMILES string of the molecule is c1ccc(Nc2nc3ccccc3c3nc(-c4ccccc4)[nH]c23)cc1. The number of nitrogens with one attached hydrogen (secondary N) is 2. The molecule has 3 aromatic carbocycles. The molecular weight excluding hydrogens is 320 g/mol. The number of anilines is 2. The summed E-state index contributed by atoms with van der Waals surface area (Å²) in [4.78, 5) is 13.2. The highest BCUT2D eigenvalue weighted by atomic mass is 15.0. The molecule has 0 aliphatic heterocycles. The first kappa shape index (κ1) is 14.7. The van der Waals surface area contributed by atoms with Gasteiger partial charge in [-0.3, -0.25) is 0 Å². The number of nitrogens with zero attached hydrogens (tertiary/aromatic N) is 2. The van der Waals surface area contributed by atoms with Gasteiger partial charge in [-0.15, -0.1) is 0 Å². The lowest BCUT2D eigenvalue weighted by Crippen LogP contribution is -1.95. The first-order valence-corrected chi connectivity index (χ1v) is 8.54. The average Bonchev–Trinajstić information content (AvgIpc) is 3.16. The number of benzene rings is 3. The van der Waals surface area contributed by atoms with Crippen LogP contribution >= 0.6 is 0 Å². The zero-order valence-electron chi connectivity index (χ0n) is 14.0. The summed E-state index contributed by atoms with van der Waals surface area (Å²) in [7, 11) is 0. The van der Waals surface area contributed by atoms with Gasteiger partial charge in [0, 0.05) is 16.6 Å². The molecule has 26 heavy (non-hydrogen) atoms. The van der Waals surface area contributed by atoms with Crippen molar-refractivity contribution in [2.45, 2.75) is 0 Å². The number of aromatic nitrogens is 3. The molecule has 0 saturated carbocycles. The molecule has 0 atom stereocenters. The number of para-hydroxylation sites is 2. The monoisotopic (exact) mass is 336 g/mol. The Hall–Kier alpha value is -3.66. The molecular formula is C22H16N4. The van der Waals surface area contributed by atoms with Crippen LogP contribution in [0.25, 0.3) is 33.3 Å². The smallest absolute Gasteiger partial charge is 0.157 e. The molecule has 0 unspecified atom stereocenters. The fourth-order valence-corrected chi connectivity index (χ4v) is 3.17. The fraction of sp³-hybridized carbons (Fsp3) is 0. The Labute approximate surface area is 150 Å². The summed E-state index contributed by atoms with van der Waals surface area (Å²) in [5.74, 6) is 1.62. The highest BCUT2D eigenvalue weighted by molar-refractivity contribution is 6.07. The van der Waals surface area contributed by atoms with Crippen molar-refractivity contribution in [3.05, 3.63) is 84.9 Å². The largest absolute Gasteiger partial charge is 0.338 e. The van der Waals surface area contributed by atoms with Crippen LogP contribution in [0.4, 0.5) is 11.5 Å². The standard InChI is InChI=1S/C22H16N4/c1-3-9-15(10-4-1)21-25-19-17-13-7-8-14-18(17)24-22(20(19)26-21)23-16-11-5-2-6-12-16/h1-14H,(H,23,24)(H,25,26). The van der Waals surface area contributed by atoms with Crippen molar-refractivity contribution in [1.29, 1.82) is 0 Å². The summed E-state index contributed by atoms with van der Waals surface area (Å²) in [5.41, 5.74) is 4.80. The molecule has 5 rings (SSSR count). The summed E-state index contributed by atoms with van der Waals surface area (Å²) in [6, 6.07) is 28.3. The molecule has 0 amide bonds. The van der Waals surface area contributed by atoms with Gasteiger partial charge in [0.05, 0.1) is 5.52 Å². The van der Waals surface area contributed by atoms with E-state index in [1.165, 1.54) is 0 Å². The van der Waals surface area contributed by atoms with Crippen molar-refractivity contribution in [3.63, 3.8) is 0 Å². The van der Waals surface area contributed by atoms with Gasteiger partial charge >= 0.3 is 0 Å². The Morgan fingerprint density at radius 2 is 1.38 bits per heavy atom. The molecule has 2 heterocycles. The molecule has 2 N–H and O–H groups in total. The lowest BCUT2D eigenvalue weighted by atomic mass is 10.2. The van der Waals surface area contributed by atoms with Crippen LogP contribution in [0.1, 0.15) is 0 Å². The zero-order valence-corrected chi connectivity index (χ0v) is 14.0. The summed E-state index contributed by atoms with van der Waals surface area (Å²) in [6.45, 7) is 0. The second kappa shape index (κ2) is 6.01. The average molecular weight is 336 g/mol. The summed E-state index contributed by atoms with van der Waals surface area (Å²) < 4.78 is 0. The van der Waals surface area contributed by atoms with Crippen molar-refractivity contribution >= 4 is 33.4 Å². The van der Waals surface area contributed by atoms with Gasteiger partial charge in [0.25, 0.3) is 0 Å². The van der Waals surface area contributed by atoms with Crippen molar-refractivity contribution in [1.82, 2.24) is 15.0 Å². The van der Waals surface area contributed by atoms with Crippen molar-refractivity contribution in [3.8, 4) is 11.4 Å². The maximum absolute atomic E-state index is 4.88. The maximum Gasteiger partial charge on any atom is 0.157 e. The van der Waals surface area contributed by atoms with E-state index >= 15 is 0 Å². The van der Waals surface area contributed by atoms with Crippen molar-refractivity contribution in [2.75, 3.05) is 5.32 Å². The van der Waals surface area contributed by atoms with Crippen LogP contribution in [-0.2, 0) is 0 Å². The van der Waals surface area contributed by atoms with Gasteiger partial charge in [-0.1, -0.05) is 66.7 Å². The van der Waals surface area contributed by atoms with E-state index in [0.717, 1.165) is 44.8 Å². The van der Waals surface area contributed by atoms with Gasteiger partial charge in [0.2, 0.25) is 0 Å². The zero-order chi connectivity index (χ0) is 17.3. The van der Waals surface area contributed by atoms with Crippen LogP contribution in [0.2, 0.25) is 0 Å². The molecule has 0 radical (unpaired) electrons. The van der Waals surface area contributed by atoms with Crippen LogP contribution in [0.15, 0.2) is 84.9 Å². The van der Waals surface area contributed by atoms with Crippen LogP contribution in [0.3, 0.4) is 0 Å². The van der Waals surface area contributed by atoms with Crippen molar-refractivity contribution in [2.24, 2.45) is 0 Å². The lowest BCUT2D eigenvalue weighted by Gasteiger charge is -2.08. The number of aromatic amines is 1. The van der Waals surface area contributed by atoms with E-state index in [0.29, 0.717) is 0 Å². The van der Waals surface area contributed by atoms with Gasteiger partial charge in [-0.2, -0.15) is 0 Å². The summed E-state index contributed by atoms with van der Waals surface area (Å²) >= 11 is 0. The topological polar surface area (TPSA) is 53.6 Å². The first-order chi connectivity index (χ1) is 12.9. The third kappa shape index (κ3) is 2.48. The van der Waals surface area contributed by atoms with E-state index in [4.69, 9.17) is 9.97 Å². The molecule has 0 fully saturated rings. The minimum absolute atomic E-state index is 0.777. The van der Waals surface area contributed by atoms with Gasteiger partial charge in [-0.25, -0.2) is 9.97 Å². The third-order valence-corrected chi connectivity index (χ3v) is 4.42. The quantitative estimate of drug-likeness (QED) is 0.456. The molecule has 0 aliphatic rings. The van der Waals surface area contributed by atoms with E-state index in [9.17, 15) is 0 Å². The number of hydrogen-bond donors (Lipinski definition) is 2. The molecule has 0 spiro atoms. The Balaban J connectivity index is 1.76. The molecule has 4 nitrogen and oxygen atoms in total. The Morgan fingerprint density at radius 1 is 0.692 bits per heavy atom. The molecule has 0 saturated heterocycles. The van der Waals surface area contributed by atoms with Crippen molar-refractivity contribution < 1.29 is 0 Å². The molecule has 5 aromatic rings. The first-order valence-electron chi connectivity index (χ1n) is 8.54. The number of fused-ring (bicyclic) bond motifs is 3. The highest BCUT2D eigenvalue weighted by Gasteiger charge is 2.14. The van der Waals surface area contributed by atoms with E-state index in [1.807, 2.05) is 66.7 Å². The molecule has 4 heteroatoms. The summed E-state index contributed by atoms with van der Waals surface area (Å²) in [5, 5.41) is 4.46. The van der Waals surface area contributed by atoms with Crippen LogP contribution < -0.4 is 5.32 Å². The highest BCUT2D eigenvalue weighted by Crippen LogP contribution is 2.31. The second-order valence-electron chi connectivity index (χ2n) is 6.14. The minimum atomic E-state index is 0.777. The Morgan fingerprint density at radius 3 is 2.19 bits per heavy atom. The van der Waals surface area contributed by atoms with Crippen LogP contribution in [0.5, 0.6) is 0 Å². The van der Waals surface area contributed by atoms with Gasteiger partial charge < -0.3 is 10.3 Å². The summed E-state index contributed by atoms with van der Waals surface area (Å²) in [6.07, 6.45) is 0. The van der Waals surface area contributed by atoms with Gasteiger partial charge in [0.1, 0.15) is 16.9 Å². The number of pyridine rings is 1. The van der Waals surface area contributed by atoms with E-state index in [-0.39, 0.29) is 0 Å². The minimum Gasteiger partial charge on any atom is -0.338 e.